The van der Waals surface area contributed by atoms with Gasteiger partial charge in [-0.1, -0.05) is 19.1 Å². The van der Waals surface area contributed by atoms with Gasteiger partial charge >= 0.3 is 0 Å². The van der Waals surface area contributed by atoms with Gasteiger partial charge in [0.25, 0.3) is 0 Å². The summed E-state index contributed by atoms with van der Waals surface area (Å²) >= 11 is 0. The molecule has 6 heteroatoms. The minimum atomic E-state index is -0.256. The number of carbonyl (C=O) groups excluding carboxylic acids is 1. The Balaban J connectivity index is 1.41. The van der Waals surface area contributed by atoms with Crippen LogP contribution in [0.2, 0.25) is 0 Å². The standard InChI is InChI=1S/C22H27FN4O/c1-16-8-11-26(12-9-16)21(28)18-3-2-10-27(15-18)22-24-13-19(14-25-22)17-4-6-20(23)7-5-17/h4-7,13-14,16,18H,2-3,8-12,15H2,1H3/t18-/m1/s1. The first-order chi connectivity index (χ1) is 13.6. The van der Waals surface area contributed by atoms with Gasteiger partial charge in [0.2, 0.25) is 11.9 Å². The van der Waals surface area contributed by atoms with E-state index in [4.69, 9.17) is 0 Å². The molecular weight excluding hydrogens is 355 g/mol. The van der Waals surface area contributed by atoms with E-state index in [-0.39, 0.29) is 11.7 Å². The molecule has 4 rings (SSSR count). The van der Waals surface area contributed by atoms with Gasteiger partial charge in [0, 0.05) is 44.1 Å². The monoisotopic (exact) mass is 382 g/mol. The van der Waals surface area contributed by atoms with E-state index in [1.165, 1.54) is 12.1 Å². The molecule has 2 fully saturated rings. The van der Waals surface area contributed by atoms with Crippen LogP contribution >= 0.6 is 0 Å². The molecule has 5 nitrogen and oxygen atoms in total. The van der Waals surface area contributed by atoms with Crippen molar-refractivity contribution in [3.8, 4) is 11.1 Å². The van der Waals surface area contributed by atoms with Crippen LogP contribution in [0.1, 0.15) is 32.6 Å². The fourth-order valence-electron chi connectivity index (χ4n) is 4.12. The minimum Gasteiger partial charge on any atom is -0.342 e. The van der Waals surface area contributed by atoms with Crippen molar-refractivity contribution < 1.29 is 9.18 Å². The van der Waals surface area contributed by atoms with Crippen LogP contribution in [0.25, 0.3) is 11.1 Å². The number of amides is 1. The number of nitrogens with zero attached hydrogens (tertiary/aromatic N) is 4. The first-order valence-electron chi connectivity index (χ1n) is 10.2. The Morgan fingerprint density at radius 3 is 2.36 bits per heavy atom. The predicted octanol–water partition coefficient (Wildman–Crippen LogP) is 3.76. The number of piperidine rings is 2. The van der Waals surface area contributed by atoms with E-state index in [1.54, 1.807) is 24.5 Å². The molecule has 0 aliphatic carbocycles. The number of aromatic nitrogens is 2. The van der Waals surface area contributed by atoms with Gasteiger partial charge in [0.05, 0.1) is 5.92 Å². The third kappa shape index (κ3) is 4.16. The maximum Gasteiger partial charge on any atom is 0.227 e. The van der Waals surface area contributed by atoms with Crippen molar-refractivity contribution in [3.63, 3.8) is 0 Å². The molecule has 2 aromatic rings. The molecule has 2 aliphatic rings. The molecule has 0 saturated carbocycles. The lowest BCUT2D eigenvalue weighted by Gasteiger charge is -2.37. The van der Waals surface area contributed by atoms with Crippen LogP contribution in [-0.4, -0.2) is 47.0 Å². The third-order valence-electron chi connectivity index (χ3n) is 5.96. The first-order valence-corrected chi connectivity index (χ1v) is 10.2. The molecule has 28 heavy (non-hydrogen) atoms. The van der Waals surface area contributed by atoms with Gasteiger partial charge < -0.3 is 9.80 Å². The number of carbonyl (C=O) groups is 1. The topological polar surface area (TPSA) is 49.3 Å². The van der Waals surface area contributed by atoms with E-state index >= 15 is 0 Å². The van der Waals surface area contributed by atoms with Crippen molar-refractivity contribution in [1.29, 1.82) is 0 Å². The number of anilines is 1. The molecule has 1 aromatic heterocycles. The van der Waals surface area contributed by atoms with Crippen molar-refractivity contribution in [3.05, 3.63) is 42.5 Å². The molecule has 0 N–H and O–H groups in total. The van der Waals surface area contributed by atoms with Gasteiger partial charge in [-0.3, -0.25) is 4.79 Å². The summed E-state index contributed by atoms with van der Waals surface area (Å²) in [6.45, 7) is 5.59. The second-order valence-electron chi connectivity index (χ2n) is 8.07. The van der Waals surface area contributed by atoms with Gasteiger partial charge in [0.1, 0.15) is 5.82 Å². The maximum atomic E-state index is 13.1. The fraction of sp³-hybridized carbons (Fsp3) is 0.500. The van der Waals surface area contributed by atoms with Crippen LogP contribution < -0.4 is 4.90 Å². The van der Waals surface area contributed by atoms with Crippen LogP contribution in [0.5, 0.6) is 0 Å². The Labute approximate surface area is 165 Å². The predicted molar refractivity (Wildman–Crippen MR) is 107 cm³/mol. The SMILES string of the molecule is CC1CCN(C(=O)[C@@H]2CCCN(c3ncc(-c4ccc(F)cc4)cn3)C2)CC1. The molecule has 0 spiro atoms. The van der Waals surface area contributed by atoms with E-state index in [2.05, 4.69) is 21.8 Å². The zero-order chi connectivity index (χ0) is 19.5. The quantitative estimate of drug-likeness (QED) is 0.811. The lowest BCUT2D eigenvalue weighted by Crippen LogP contribution is -2.47. The lowest BCUT2D eigenvalue weighted by atomic mass is 9.93. The van der Waals surface area contributed by atoms with Gasteiger partial charge in [-0.15, -0.1) is 0 Å². The largest absolute Gasteiger partial charge is 0.342 e. The van der Waals surface area contributed by atoms with E-state index in [9.17, 15) is 9.18 Å². The second-order valence-corrected chi connectivity index (χ2v) is 8.07. The smallest absolute Gasteiger partial charge is 0.227 e. The Morgan fingerprint density at radius 2 is 1.68 bits per heavy atom. The van der Waals surface area contributed by atoms with Gasteiger partial charge in [-0.05, 0) is 49.3 Å². The fourth-order valence-corrected chi connectivity index (χ4v) is 4.12. The Kier molecular flexibility index (Phi) is 5.55. The summed E-state index contributed by atoms with van der Waals surface area (Å²) in [6.07, 6.45) is 7.67. The molecule has 148 valence electrons. The average molecular weight is 382 g/mol. The van der Waals surface area contributed by atoms with E-state index < -0.39 is 0 Å². The van der Waals surface area contributed by atoms with Gasteiger partial charge in [0.15, 0.2) is 0 Å². The number of halogens is 1. The summed E-state index contributed by atoms with van der Waals surface area (Å²) in [5.41, 5.74) is 1.75. The second kappa shape index (κ2) is 8.25. The van der Waals surface area contributed by atoms with Crippen LogP contribution in [0.3, 0.4) is 0 Å². The van der Waals surface area contributed by atoms with Crippen LogP contribution in [0.15, 0.2) is 36.7 Å². The highest BCUT2D eigenvalue weighted by atomic mass is 19.1. The molecule has 1 atom stereocenters. The number of hydrogen-bond acceptors (Lipinski definition) is 4. The molecule has 1 aromatic carbocycles. The van der Waals surface area contributed by atoms with Gasteiger partial charge in [-0.2, -0.15) is 0 Å². The lowest BCUT2D eigenvalue weighted by molar-refractivity contribution is -0.137. The van der Waals surface area contributed by atoms with Crippen molar-refractivity contribution in [2.75, 3.05) is 31.1 Å². The minimum absolute atomic E-state index is 0.0301. The summed E-state index contributed by atoms with van der Waals surface area (Å²) in [6, 6.07) is 6.32. The highest BCUT2D eigenvalue weighted by Crippen LogP contribution is 2.26. The summed E-state index contributed by atoms with van der Waals surface area (Å²) in [4.78, 5) is 26.1. The summed E-state index contributed by atoms with van der Waals surface area (Å²) in [7, 11) is 0. The van der Waals surface area contributed by atoms with Crippen LogP contribution in [0.4, 0.5) is 10.3 Å². The molecule has 2 aliphatic heterocycles. The summed E-state index contributed by atoms with van der Waals surface area (Å²) < 4.78 is 13.1. The van der Waals surface area contributed by atoms with E-state index in [0.717, 1.165) is 62.4 Å². The van der Waals surface area contributed by atoms with E-state index in [0.29, 0.717) is 18.4 Å². The summed E-state index contributed by atoms with van der Waals surface area (Å²) in [5, 5.41) is 0. The molecular formula is C22H27FN4O. The van der Waals surface area contributed by atoms with Crippen molar-refractivity contribution >= 4 is 11.9 Å². The third-order valence-corrected chi connectivity index (χ3v) is 5.96. The summed E-state index contributed by atoms with van der Waals surface area (Å²) in [5.74, 6) is 1.45. The molecule has 0 bridgehead atoms. The molecule has 2 saturated heterocycles. The molecule has 3 heterocycles. The average Bonchev–Trinajstić information content (AvgIpc) is 2.75. The Hall–Kier alpha value is -2.50. The first kappa shape index (κ1) is 18.8. The molecule has 0 radical (unpaired) electrons. The number of benzene rings is 1. The van der Waals surface area contributed by atoms with Crippen molar-refractivity contribution in [2.45, 2.75) is 32.6 Å². The normalized spacial score (nSPS) is 21.0. The van der Waals surface area contributed by atoms with Crippen molar-refractivity contribution in [1.82, 2.24) is 14.9 Å². The highest BCUT2D eigenvalue weighted by Gasteiger charge is 2.31. The highest BCUT2D eigenvalue weighted by molar-refractivity contribution is 5.79. The molecule has 0 unspecified atom stereocenters. The number of hydrogen-bond donors (Lipinski definition) is 0. The van der Waals surface area contributed by atoms with Crippen LogP contribution in [0, 0.1) is 17.7 Å². The zero-order valence-electron chi connectivity index (χ0n) is 16.4. The molecule has 1 amide bonds. The number of likely N-dealkylation sites (tertiary alicyclic amines) is 1. The van der Waals surface area contributed by atoms with Crippen LogP contribution in [-0.2, 0) is 4.79 Å². The van der Waals surface area contributed by atoms with E-state index in [1.807, 2.05) is 4.90 Å². The van der Waals surface area contributed by atoms with Crippen molar-refractivity contribution in [2.24, 2.45) is 11.8 Å². The Morgan fingerprint density at radius 1 is 1.00 bits per heavy atom. The zero-order valence-corrected chi connectivity index (χ0v) is 16.4. The van der Waals surface area contributed by atoms with Gasteiger partial charge in [-0.25, -0.2) is 14.4 Å². The Bertz CT molecular complexity index is 800. The number of rotatable bonds is 3. The maximum absolute atomic E-state index is 13.1.